The lowest BCUT2D eigenvalue weighted by Crippen LogP contribution is -2.15. The molecule has 0 fully saturated rings. The van der Waals surface area contributed by atoms with Crippen LogP contribution in [-0.4, -0.2) is 17.1 Å². The Balaban J connectivity index is 2.22. The third-order valence-electron chi connectivity index (χ3n) is 2.69. The van der Waals surface area contributed by atoms with Gasteiger partial charge in [-0.2, -0.15) is 0 Å². The van der Waals surface area contributed by atoms with E-state index >= 15 is 0 Å². The molecule has 1 unspecified atom stereocenters. The minimum atomic E-state index is -0.214. The van der Waals surface area contributed by atoms with Crippen LogP contribution in [0.15, 0.2) is 36.8 Å². The van der Waals surface area contributed by atoms with Gasteiger partial charge in [-0.15, -0.1) is 0 Å². The Kier molecular flexibility index (Phi) is 4.12. The van der Waals surface area contributed by atoms with Crippen LogP contribution in [0.5, 0.6) is 5.88 Å². The first-order valence-electron chi connectivity index (χ1n) is 5.55. The number of hydrogen-bond acceptors (Lipinski definition) is 4. The monoisotopic (exact) mass is 263 g/mol. The highest BCUT2D eigenvalue weighted by Crippen LogP contribution is 2.25. The molecular weight excluding hydrogens is 250 g/mol. The number of aromatic nitrogens is 2. The highest BCUT2D eigenvalue weighted by Gasteiger charge is 2.14. The molecule has 0 bridgehead atoms. The minimum Gasteiger partial charge on any atom is -0.481 e. The molecule has 0 radical (unpaired) electrons. The number of nitrogens with two attached hydrogens (primary N) is 1. The van der Waals surface area contributed by atoms with Crippen molar-refractivity contribution in [2.75, 3.05) is 7.11 Å². The van der Waals surface area contributed by atoms with Crippen molar-refractivity contribution in [3.8, 4) is 5.88 Å². The second-order valence-corrected chi connectivity index (χ2v) is 4.29. The predicted octanol–water partition coefficient (Wildman–Crippen LogP) is 2.38. The summed E-state index contributed by atoms with van der Waals surface area (Å²) in [5.74, 6) is 0.551. The number of pyridine rings is 2. The smallest absolute Gasteiger partial charge is 0.217 e. The molecule has 1 atom stereocenters. The van der Waals surface area contributed by atoms with E-state index in [1.54, 1.807) is 25.7 Å². The van der Waals surface area contributed by atoms with Gasteiger partial charge in [-0.25, -0.2) is 4.98 Å². The van der Waals surface area contributed by atoms with Crippen molar-refractivity contribution in [1.29, 1.82) is 0 Å². The molecule has 0 amide bonds. The van der Waals surface area contributed by atoms with Gasteiger partial charge in [-0.1, -0.05) is 17.7 Å². The lowest BCUT2D eigenvalue weighted by atomic mass is 10.0. The molecule has 4 nitrogen and oxygen atoms in total. The van der Waals surface area contributed by atoms with Crippen molar-refractivity contribution in [3.05, 3.63) is 52.9 Å². The van der Waals surface area contributed by atoms with Crippen LogP contribution in [0.2, 0.25) is 5.02 Å². The molecule has 0 spiro atoms. The largest absolute Gasteiger partial charge is 0.481 e. The van der Waals surface area contributed by atoms with Gasteiger partial charge in [0.25, 0.3) is 0 Å². The maximum Gasteiger partial charge on any atom is 0.217 e. The fourth-order valence-corrected chi connectivity index (χ4v) is 1.97. The summed E-state index contributed by atoms with van der Waals surface area (Å²) in [4.78, 5) is 8.08. The Hall–Kier alpha value is -1.65. The Morgan fingerprint density at radius 3 is 2.94 bits per heavy atom. The van der Waals surface area contributed by atoms with Crippen molar-refractivity contribution in [2.24, 2.45) is 5.73 Å². The van der Waals surface area contributed by atoms with Gasteiger partial charge in [0.05, 0.1) is 12.1 Å². The SMILES string of the molecule is COc1ncccc1C(N)Cc1ccncc1Cl. The summed E-state index contributed by atoms with van der Waals surface area (Å²) in [6.07, 6.45) is 5.61. The zero-order valence-corrected chi connectivity index (χ0v) is 10.8. The number of methoxy groups -OCH3 is 1. The molecule has 94 valence electrons. The van der Waals surface area contributed by atoms with Crippen LogP contribution in [0, 0.1) is 0 Å². The maximum atomic E-state index is 6.17. The summed E-state index contributed by atoms with van der Waals surface area (Å²) in [6.45, 7) is 0. The van der Waals surface area contributed by atoms with Gasteiger partial charge in [-0.05, 0) is 24.1 Å². The first-order valence-corrected chi connectivity index (χ1v) is 5.93. The Morgan fingerprint density at radius 1 is 1.39 bits per heavy atom. The average Bonchev–Trinajstić information content (AvgIpc) is 2.41. The van der Waals surface area contributed by atoms with Gasteiger partial charge >= 0.3 is 0 Å². The van der Waals surface area contributed by atoms with Crippen molar-refractivity contribution >= 4 is 11.6 Å². The summed E-state index contributed by atoms with van der Waals surface area (Å²) >= 11 is 6.06. The van der Waals surface area contributed by atoms with Crippen LogP contribution in [-0.2, 0) is 6.42 Å². The highest BCUT2D eigenvalue weighted by molar-refractivity contribution is 6.31. The second-order valence-electron chi connectivity index (χ2n) is 3.88. The van der Waals surface area contributed by atoms with Crippen LogP contribution in [0.3, 0.4) is 0 Å². The molecule has 0 aliphatic heterocycles. The van der Waals surface area contributed by atoms with Crippen LogP contribution in [0.4, 0.5) is 0 Å². The Morgan fingerprint density at radius 2 is 2.22 bits per heavy atom. The molecule has 2 aromatic heterocycles. The van der Waals surface area contributed by atoms with Crippen molar-refractivity contribution < 1.29 is 4.74 Å². The fraction of sp³-hybridized carbons (Fsp3) is 0.231. The average molecular weight is 264 g/mol. The minimum absolute atomic E-state index is 0.214. The first kappa shape index (κ1) is 12.8. The predicted molar refractivity (Wildman–Crippen MR) is 70.7 cm³/mol. The van der Waals surface area contributed by atoms with E-state index in [2.05, 4.69) is 9.97 Å². The molecular formula is C13H14ClN3O. The summed E-state index contributed by atoms with van der Waals surface area (Å²) in [5.41, 5.74) is 8.00. The van der Waals surface area contributed by atoms with E-state index in [4.69, 9.17) is 22.1 Å². The van der Waals surface area contributed by atoms with Gasteiger partial charge in [0.15, 0.2) is 0 Å². The number of rotatable bonds is 4. The quantitative estimate of drug-likeness (QED) is 0.920. The molecule has 2 heterocycles. The van der Waals surface area contributed by atoms with E-state index in [-0.39, 0.29) is 6.04 Å². The number of halogens is 1. The molecule has 0 aromatic carbocycles. The normalized spacial score (nSPS) is 12.2. The Labute approximate surface area is 111 Å². The molecule has 0 aliphatic rings. The molecule has 5 heteroatoms. The first-order chi connectivity index (χ1) is 8.72. The maximum absolute atomic E-state index is 6.17. The van der Waals surface area contributed by atoms with Crippen molar-refractivity contribution in [3.63, 3.8) is 0 Å². The third kappa shape index (κ3) is 2.78. The molecule has 2 aromatic rings. The number of ether oxygens (including phenoxy) is 1. The van der Waals surface area contributed by atoms with Crippen LogP contribution in [0.25, 0.3) is 0 Å². The number of hydrogen-bond donors (Lipinski definition) is 1. The summed E-state index contributed by atoms with van der Waals surface area (Å²) in [6, 6.07) is 5.40. The van der Waals surface area contributed by atoms with Gasteiger partial charge in [0.2, 0.25) is 5.88 Å². The highest BCUT2D eigenvalue weighted by atomic mass is 35.5. The molecule has 0 saturated heterocycles. The van der Waals surface area contributed by atoms with E-state index in [0.717, 1.165) is 11.1 Å². The topological polar surface area (TPSA) is 61.0 Å². The van der Waals surface area contributed by atoms with Crippen LogP contribution >= 0.6 is 11.6 Å². The van der Waals surface area contributed by atoms with Crippen molar-refractivity contribution in [1.82, 2.24) is 9.97 Å². The summed E-state index contributed by atoms with van der Waals surface area (Å²) in [5, 5.41) is 0.621. The van der Waals surface area contributed by atoms with E-state index in [0.29, 0.717) is 17.3 Å². The molecule has 18 heavy (non-hydrogen) atoms. The van der Waals surface area contributed by atoms with Gasteiger partial charge in [0.1, 0.15) is 0 Å². The molecule has 0 aliphatic carbocycles. The fourth-order valence-electron chi connectivity index (χ4n) is 1.77. The second kappa shape index (κ2) is 5.80. The lowest BCUT2D eigenvalue weighted by molar-refractivity contribution is 0.388. The van der Waals surface area contributed by atoms with E-state index in [1.807, 2.05) is 18.2 Å². The Bertz CT molecular complexity index is 533. The molecule has 2 N–H and O–H groups in total. The zero-order chi connectivity index (χ0) is 13.0. The van der Waals surface area contributed by atoms with E-state index in [9.17, 15) is 0 Å². The van der Waals surface area contributed by atoms with Gasteiger partial charge in [-0.3, -0.25) is 4.98 Å². The zero-order valence-electron chi connectivity index (χ0n) is 10.0. The molecule has 2 rings (SSSR count). The van der Waals surface area contributed by atoms with Crippen LogP contribution in [0.1, 0.15) is 17.2 Å². The molecule has 0 saturated carbocycles. The summed E-state index contributed by atoms with van der Waals surface area (Å²) < 4.78 is 5.20. The van der Waals surface area contributed by atoms with Gasteiger partial charge in [0, 0.05) is 30.2 Å². The van der Waals surface area contributed by atoms with Crippen LogP contribution < -0.4 is 10.5 Å². The van der Waals surface area contributed by atoms with E-state index < -0.39 is 0 Å². The lowest BCUT2D eigenvalue weighted by Gasteiger charge is -2.15. The summed E-state index contributed by atoms with van der Waals surface area (Å²) in [7, 11) is 1.58. The standard InChI is InChI=1S/C13H14ClN3O/c1-18-13-10(3-2-5-17-13)12(15)7-9-4-6-16-8-11(9)14/h2-6,8,12H,7,15H2,1H3. The van der Waals surface area contributed by atoms with E-state index in [1.165, 1.54) is 0 Å². The van der Waals surface area contributed by atoms with Crippen molar-refractivity contribution in [2.45, 2.75) is 12.5 Å². The van der Waals surface area contributed by atoms with Gasteiger partial charge < -0.3 is 10.5 Å². The third-order valence-corrected chi connectivity index (χ3v) is 3.03. The number of nitrogens with zero attached hydrogens (tertiary/aromatic N) is 2.